The van der Waals surface area contributed by atoms with Gasteiger partial charge >= 0.3 is 0 Å². The van der Waals surface area contributed by atoms with Crippen molar-refractivity contribution >= 4 is 0 Å². The van der Waals surface area contributed by atoms with Gasteiger partial charge in [-0.25, -0.2) is 4.39 Å². The lowest BCUT2D eigenvalue weighted by molar-refractivity contribution is 0.347. The van der Waals surface area contributed by atoms with Crippen LogP contribution in [0.15, 0.2) is 36.5 Å². The van der Waals surface area contributed by atoms with Gasteiger partial charge in [0, 0.05) is 24.8 Å². The first-order chi connectivity index (χ1) is 10.2. The van der Waals surface area contributed by atoms with E-state index in [0.717, 1.165) is 11.3 Å². The summed E-state index contributed by atoms with van der Waals surface area (Å²) in [6.45, 7) is 2.54. The minimum Gasteiger partial charge on any atom is -0.493 e. The SMILES string of the molecule is COc1ccnc(CN[C@H](C)c2ccc(F)cc2)c1OC. The molecule has 0 aliphatic heterocycles. The van der Waals surface area contributed by atoms with E-state index in [1.54, 1.807) is 38.6 Å². The maximum atomic E-state index is 12.9. The van der Waals surface area contributed by atoms with Crippen molar-refractivity contribution < 1.29 is 13.9 Å². The molecule has 21 heavy (non-hydrogen) atoms. The number of hydrogen-bond donors (Lipinski definition) is 1. The largest absolute Gasteiger partial charge is 0.493 e. The van der Waals surface area contributed by atoms with Crippen LogP contribution in [0.2, 0.25) is 0 Å². The number of hydrogen-bond acceptors (Lipinski definition) is 4. The van der Waals surface area contributed by atoms with Crippen LogP contribution in [0.5, 0.6) is 11.5 Å². The Morgan fingerprint density at radius 1 is 1.14 bits per heavy atom. The molecule has 4 nitrogen and oxygen atoms in total. The second-order valence-corrected chi connectivity index (χ2v) is 4.65. The van der Waals surface area contributed by atoms with E-state index >= 15 is 0 Å². The standard InChI is InChI=1S/C16H19FN2O2/c1-11(12-4-6-13(17)7-5-12)19-10-14-16(21-3)15(20-2)8-9-18-14/h4-9,11,19H,10H2,1-3H3/t11-/m1/s1. The molecule has 0 amide bonds. The van der Waals surface area contributed by atoms with E-state index in [9.17, 15) is 4.39 Å². The molecule has 0 saturated heterocycles. The fourth-order valence-electron chi connectivity index (χ4n) is 2.10. The normalized spacial score (nSPS) is 12.0. The summed E-state index contributed by atoms with van der Waals surface area (Å²) >= 11 is 0. The third-order valence-electron chi connectivity index (χ3n) is 3.31. The van der Waals surface area contributed by atoms with E-state index in [1.165, 1.54) is 12.1 Å². The van der Waals surface area contributed by atoms with Crippen LogP contribution in [0.4, 0.5) is 4.39 Å². The highest BCUT2D eigenvalue weighted by Crippen LogP contribution is 2.29. The van der Waals surface area contributed by atoms with Crippen molar-refractivity contribution in [2.24, 2.45) is 0 Å². The zero-order chi connectivity index (χ0) is 15.2. The summed E-state index contributed by atoms with van der Waals surface area (Å²) in [5.41, 5.74) is 1.78. The first-order valence-electron chi connectivity index (χ1n) is 6.70. The third kappa shape index (κ3) is 3.70. The van der Waals surface area contributed by atoms with Crippen molar-refractivity contribution in [3.63, 3.8) is 0 Å². The molecule has 0 spiro atoms. The van der Waals surface area contributed by atoms with E-state index in [4.69, 9.17) is 9.47 Å². The van der Waals surface area contributed by atoms with Gasteiger partial charge in [0.2, 0.25) is 0 Å². The van der Waals surface area contributed by atoms with Crippen LogP contribution in [0.25, 0.3) is 0 Å². The van der Waals surface area contributed by atoms with E-state index in [-0.39, 0.29) is 11.9 Å². The lowest BCUT2D eigenvalue weighted by atomic mass is 10.1. The monoisotopic (exact) mass is 290 g/mol. The summed E-state index contributed by atoms with van der Waals surface area (Å²) < 4.78 is 23.5. The number of pyridine rings is 1. The molecule has 0 bridgehead atoms. The predicted octanol–water partition coefficient (Wildman–Crippen LogP) is 3.09. The van der Waals surface area contributed by atoms with Crippen molar-refractivity contribution in [2.75, 3.05) is 14.2 Å². The number of nitrogens with zero attached hydrogens (tertiary/aromatic N) is 1. The summed E-state index contributed by atoms with van der Waals surface area (Å²) in [6.07, 6.45) is 1.68. The number of aromatic nitrogens is 1. The number of benzene rings is 1. The molecular weight excluding hydrogens is 271 g/mol. The summed E-state index contributed by atoms with van der Waals surface area (Å²) in [4.78, 5) is 4.31. The fraction of sp³-hybridized carbons (Fsp3) is 0.312. The van der Waals surface area contributed by atoms with Crippen LogP contribution in [-0.2, 0) is 6.54 Å². The molecule has 1 N–H and O–H groups in total. The molecule has 1 aromatic heterocycles. The Kier molecular flexibility index (Phi) is 5.11. The summed E-state index contributed by atoms with van der Waals surface area (Å²) in [7, 11) is 3.18. The van der Waals surface area contributed by atoms with Gasteiger partial charge in [-0.1, -0.05) is 12.1 Å². The van der Waals surface area contributed by atoms with Gasteiger partial charge < -0.3 is 14.8 Å². The second kappa shape index (κ2) is 7.04. The molecule has 2 aromatic rings. The van der Waals surface area contributed by atoms with E-state index in [2.05, 4.69) is 10.3 Å². The Labute approximate surface area is 123 Å². The topological polar surface area (TPSA) is 43.4 Å². The number of nitrogens with one attached hydrogen (secondary N) is 1. The molecule has 2 rings (SSSR count). The Morgan fingerprint density at radius 2 is 1.86 bits per heavy atom. The van der Waals surface area contributed by atoms with Crippen LogP contribution in [0.1, 0.15) is 24.2 Å². The lowest BCUT2D eigenvalue weighted by Crippen LogP contribution is -2.19. The van der Waals surface area contributed by atoms with Gasteiger partial charge in [0.05, 0.1) is 19.9 Å². The third-order valence-corrected chi connectivity index (χ3v) is 3.31. The predicted molar refractivity (Wildman–Crippen MR) is 79.0 cm³/mol. The van der Waals surface area contributed by atoms with Crippen LogP contribution in [0, 0.1) is 5.82 Å². The molecule has 1 heterocycles. The van der Waals surface area contributed by atoms with Gasteiger partial charge in [0.15, 0.2) is 11.5 Å². The maximum absolute atomic E-state index is 12.9. The highest BCUT2D eigenvalue weighted by Gasteiger charge is 2.12. The van der Waals surface area contributed by atoms with Gasteiger partial charge in [0.1, 0.15) is 5.82 Å². The Bertz CT molecular complexity index is 587. The maximum Gasteiger partial charge on any atom is 0.183 e. The highest BCUT2D eigenvalue weighted by molar-refractivity contribution is 5.42. The molecule has 1 atom stereocenters. The van der Waals surface area contributed by atoms with Crippen molar-refractivity contribution in [3.05, 3.63) is 53.6 Å². The Morgan fingerprint density at radius 3 is 2.48 bits per heavy atom. The highest BCUT2D eigenvalue weighted by atomic mass is 19.1. The van der Waals surface area contributed by atoms with Crippen LogP contribution in [-0.4, -0.2) is 19.2 Å². The smallest absolute Gasteiger partial charge is 0.183 e. The van der Waals surface area contributed by atoms with Gasteiger partial charge in [-0.15, -0.1) is 0 Å². The number of halogens is 1. The van der Waals surface area contributed by atoms with Gasteiger partial charge in [-0.3, -0.25) is 4.98 Å². The lowest BCUT2D eigenvalue weighted by Gasteiger charge is -2.16. The van der Waals surface area contributed by atoms with Gasteiger partial charge in [-0.05, 0) is 24.6 Å². The zero-order valence-corrected chi connectivity index (χ0v) is 12.4. The van der Waals surface area contributed by atoms with E-state index < -0.39 is 0 Å². The van der Waals surface area contributed by atoms with E-state index in [0.29, 0.717) is 18.0 Å². The molecule has 0 fully saturated rings. The van der Waals surface area contributed by atoms with Crippen LogP contribution in [0.3, 0.4) is 0 Å². The first kappa shape index (κ1) is 15.3. The minimum atomic E-state index is -0.234. The Balaban J connectivity index is 2.07. The molecular formula is C16H19FN2O2. The van der Waals surface area contributed by atoms with Crippen molar-refractivity contribution in [2.45, 2.75) is 19.5 Å². The van der Waals surface area contributed by atoms with Crippen molar-refractivity contribution in [3.8, 4) is 11.5 Å². The molecule has 5 heteroatoms. The molecule has 0 aliphatic carbocycles. The molecule has 0 saturated carbocycles. The first-order valence-corrected chi connectivity index (χ1v) is 6.70. The number of rotatable bonds is 6. The summed E-state index contributed by atoms with van der Waals surface area (Å²) in [5, 5.41) is 3.34. The van der Waals surface area contributed by atoms with Crippen LogP contribution < -0.4 is 14.8 Å². The van der Waals surface area contributed by atoms with E-state index in [1.807, 2.05) is 6.92 Å². The molecule has 112 valence electrons. The van der Waals surface area contributed by atoms with Crippen molar-refractivity contribution in [1.29, 1.82) is 0 Å². The summed E-state index contributed by atoms with van der Waals surface area (Å²) in [6, 6.07) is 8.27. The van der Waals surface area contributed by atoms with Gasteiger partial charge in [-0.2, -0.15) is 0 Å². The molecule has 0 unspecified atom stereocenters. The zero-order valence-electron chi connectivity index (χ0n) is 12.4. The fourth-order valence-corrected chi connectivity index (χ4v) is 2.10. The molecule has 0 radical (unpaired) electrons. The number of ether oxygens (including phenoxy) is 2. The molecule has 1 aromatic carbocycles. The minimum absolute atomic E-state index is 0.0725. The summed E-state index contributed by atoms with van der Waals surface area (Å²) in [5.74, 6) is 1.04. The Hall–Kier alpha value is -2.14. The quantitative estimate of drug-likeness (QED) is 0.888. The van der Waals surface area contributed by atoms with Crippen molar-refractivity contribution in [1.82, 2.24) is 10.3 Å². The average molecular weight is 290 g/mol. The second-order valence-electron chi connectivity index (χ2n) is 4.65. The van der Waals surface area contributed by atoms with Crippen LogP contribution >= 0.6 is 0 Å². The molecule has 0 aliphatic rings. The number of methoxy groups -OCH3 is 2. The van der Waals surface area contributed by atoms with Gasteiger partial charge in [0.25, 0.3) is 0 Å². The average Bonchev–Trinajstić information content (AvgIpc) is 2.52.